The van der Waals surface area contributed by atoms with Crippen molar-refractivity contribution in [3.8, 4) is 0 Å². The molecule has 1 saturated heterocycles. The number of nitrogens with zero attached hydrogens (tertiary/aromatic N) is 2. The van der Waals surface area contributed by atoms with Gasteiger partial charge >= 0.3 is 0 Å². The van der Waals surface area contributed by atoms with Crippen molar-refractivity contribution in [3.05, 3.63) is 59.2 Å². The second-order valence-corrected chi connectivity index (χ2v) is 10.9. The molecular formula is C25H33N3O3S. The highest BCUT2D eigenvalue weighted by Gasteiger charge is 2.23. The van der Waals surface area contributed by atoms with Gasteiger partial charge in [-0.1, -0.05) is 31.2 Å². The van der Waals surface area contributed by atoms with E-state index in [0.717, 1.165) is 55.2 Å². The van der Waals surface area contributed by atoms with Crippen molar-refractivity contribution in [2.75, 3.05) is 24.5 Å². The van der Waals surface area contributed by atoms with Crippen molar-refractivity contribution in [2.45, 2.75) is 57.5 Å². The molecule has 2 aliphatic rings. The topological polar surface area (TPSA) is 69.7 Å². The van der Waals surface area contributed by atoms with Gasteiger partial charge in [0.2, 0.25) is 15.9 Å². The quantitative estimate of drug-likeness (QED) is 0.721. The molecule has 0 saturated carbocycles. The highest BCUT2D eigenvalue weighted by atomic mass is 32.2. The van der Waals surface area contributed by atoms with Gasteiger partial charge in [-0.3, -0.25) is 9.69 Å². The Kier molecular flexibility index (Phi) is 6.98. The summed E-state index contributed by atoms with van der Waals surface area (Å²) < 4.78 is 28.6. The van der Waals surface area contributed by atoms with E-state index >= 15 is 0 Å². The van der Waals surface area contributed by atoms with Crippen molar-refractivity contribution < 1.29 is 13.2 Å². The summed E-state index contributed by atoms with van der Waals surface area (Å²) in [7, 11) is -3.64. The molecule has 2 aromatic carbocycles. The maximum absolute atomic E-state index is 12.9. The second-order valence-electron chi connectivity index (χ2n) is 9.17. The number of sulfonamides is 1. The number of rotatable bonds is 6. The third-order valence-corrected chi connectivity index (χ3v) is 8.00. The molecule has 2 aromatic rings. The number of piperidine rings is 1. The van der Waals surface area contributed by atoms with Gasteiger partial charge in [0.05, 0.1) is 4.90 Å². The SMILES string of the molecule is CC(=O)N1CCCc2cc(S(=O)(=O)NCc3cccc(CN4CCC(C)CC4)c3)ccc21. The van der Waals surface area contributed by atoms with Crippen molar-refractivity contribution in [2.24, 2.45) is 5.92 Å². The van der Waals surface area contributed by atoms with Crippen LogP contribution in [0.4, 0.5) is 5.69 Å². The molecule has 1 fully saturated rings. The summed E-state index contributed by atoms with van der Waals surface area (Å²) in [6, 6.07) is 13.2. The molecule has 0 bridgehead atoms. The Labute approximate surface area is 191 Å². The van der Waals surface area contributed by atoms with Crippen LogP contribution in [0, 0.1) is 5.92 Å². The summed E-state index contributed by atoms with van der Waals surface area (Å²) in [6.45, 7) is 7.94. The van der Waals surface area contributed by atoms with Crippen molar-refractivity contribution >= 4 is 21.6 Å². The number of carbonyl (C=O) groups excluding carboxylic acids is 1. The molecule has 2 heterocycles. The van der Waals surface area contributed by atoms with E-state index in [1.807, 2.05) is 12.1 Å². The van der Waals surface area contributed by atoms with Crippen LogP contribution in [0.3, 0.4) is 0 Å². The van der Waals surface area contributed by atoms with E-state index in [0.29, 0.717) is 6.54 Å². The van der Waals surface area contributed by atoms with Crippen LogP contribution in [0.15, 0.2) is 47.4 Å². The van der Waals surface area contributed by atoms with E-state index in [9.17, 15) is 13.2 Å². The van der Waals surface area contributed by atoms with Gasteiger partial charge in [-0.05, 0) is 79.6 Å². The van der Waals surface area contributed by atoms with E-state index in [1.54, 1.807) is 30.0 Å². The molecule has 2 aliphatic heterocycles. The van der Waals surface area contributed by atoms with Gasteiger partial charge in [0, 0.05) is 32.2 Å². The van der Waals surface area contributed by atoms with Crippen LogP contribution in [0.25, 0.3) is 0 Å². The number of amides is 1. The highest BCUT2D eigenvalue weighted by Crippen LogP contribution is 2.29. The monoisotopic (exact) mass is 455 g/mol. The Bertz CT molecular complexity index is 1080. The standard InChI is InChI=1S/C25H33N3O3S/c1-19-10-13-27(14-11-19)18-22-6-3-5-21(15-22)17-26-32(30,31)24-8-9-25-23(16-24)7-4-12-28(25)20(2)29/h3,5-6,8-9,15-16,19,26H,4,7,10-14,17-18H2,1-2H3. The molecule has 0 unspecified atom stereocenters. The Balaban J connectivity index is 1.42. The van der Waals surface area contributed by atoms with Crippen LogP contribution in [0.2, 0.25) is 0 Å². The van der Waals surface area contributed by atoms with Crippen LogP contribution in [-0.4, -0.2) is 38.9 Å². The fraction of sp³-hybridized carbons (Fsp3) is 0.480. The fourth-order valence-electron chi connectivity index (χ4n) is 4.65. The van der Waals surface area contributed by atoms with E-state index in [-0.39, 0.29) is 17.3 Å². The number of hydrogen-bond donors (Lipinski definition) is 1. The Morgan fingerprint density at radius 1 is 1.06 bits per heavy atom. The molecule has 0 atom stereocenters. The molecule has 0 radical (unpaired) electrons. The number of likely N-dealkylation sites (tertiary alicyclic amines) is 1. The minimum absolute atomic E-state index is 0.0152. The van der Waals surface area contributed by atoms with E-state index in [2.05, 4.69) is 28.7 Å². The smallest absolute Gasteiger partial charge is 0.240 e. The largest absolute Gasteiger partial charge is 0.312 e. The number of fused-ring (bicyclic) bond motifs is 1. The first-order chi connectivity index (χ1) is 15.3. The third kappa shape index (κ3) is 5.39. The second kappa shape index (κ2) is 9.73. The van der Waals surface area contributed by atoms with Gasteiger partial charge in [-0.15, -0.1) is 0 Å². The molecule has 32 heavy (non-hydrogen) atoms. The maximum atomic E-state index is 12.9. The number of hydrogen-bond acceptors (Lipinski definition) is 4. The minimum Gasteiger partial charge on any atom is -0.312 e. The van der Waals surface area contributed by atoms with Gasteiger partial charge in [-0.25, -0.2) is 13.1 Å². The van der Waals surface area contributed by atoms with Gasteiger partial charge < -0.3 is 4.90 Å². The van der Waals surface area contributed by atoms with Gasteiger partial charge in [-0.2, -0.15) is 0 Å². The summed E-state index contributed by atoms with van der Waals surface area (Å²) >= 11 is 0. The predicted molar refractivity (Wildman–Crippen MR) is 127 cm³/mol. The number of anilines is 1. The third-order valence-electron chi connectivity index (χ3n) is 6.60. The van der Waals surface area contributed by atoms with E-state index in [1.165, 1.54) is 18.4 Å². The zero-order valence-corrected chi connectivity index (χ0v) is 19.8. The molecular weight excluding hydrogens is 422 g/mol. The van der Waals surface area contributed by atoms with Crippen molar-refractivity contribution in [1.82, 2.24) is 9.62 Å². The molecule has 1 N–H and O–H groups in total. The van der Waals surface area contributed by atoms with Crippen molar-refractivity contribution in [1.29, 1.82) is 0 Å². The summed E-state index contributed by atoms with van der Waals surface area (Å²) in [5, 5.41) is 0. The predicted octanol–water partition coefficient (Wildman–Crippen LogP) is 3.70. The first-order valence-corrected chi connectivity index (χ1v) is 13.0. The zero-order valence-electron chi connectivity index (χ0n) is 19.0. The number of nitrogens with one attached hydrogen (secondary N) is 1. The summed E-state index contributed by atoms with van der Waals surface area (Å²) in [4.78, 5) is 16.3. The minimum atomic E-state index is -3.64. The Hall–Kier alpha value is -2.22. The highest BCUT2D eigenvalue weighted by molar-refractivity contribution is 7.89. The lowest BCUT2D eigenvalue weighted by Crippen LogP contribution is -2.33. The Morgan fingerprint density at radius 3 is 2.56 bits per heavy atom. The summed E-state index contributed by atoms with van der Waals surface area (Å²) in [5.41, 5.74) is 3.90. The van der Waals surface area contributed by atoms with Crippen LogP contribution < -0.4 is 9.62 Å². The maximum Gasteiger partial charge on any atom is 0.240 e. The molecule has 0 spiro atoms. The van der Waals surface area contributed by atoms with Gasteiger partial charge in [0.15, 0.2) is 0 Å². The summed E-state index contributed by atoms with van der Waals surface area (Å²) in [5.74, 6) is 0.791. The molecule has 4 rings (SSSR count). The van der Waals surface area contributed by atoms with Crippen LogP contribution in [0.1, 0.15) is 49.8 Å². The average Bonchev–Trinajstić information content (AvgIpc) is 2.79. The van der Waals surface area contributed by atoms with Crippen LogP contribution >= 0.6 is 0 Å². The number of carbonyl (C=O) groups is 1. The van der Waals surface area contributed by atoms with Gasteiger partial charge in [0.1, 0.15) is 0 Å². The molecule has 172 valence electrons. The molecule has 1 amide bonds. The molecule has 7 heteroatoms. The van der Waals surface area contributed by atoms with Crippen molar-refractivity contribution in [3.63, 3.8) is 0 Å². The first kappa shape index (κ1) is 23.0. The lowest BCUT2D eigenvalue weighted by atomic mass is 9.98. The van der Waals surface area contributed by atoms with Gasteiger partial charge in [0.25, 0.3) is 0 Å². The molecule has 6 nitrogen and oxygen atoms in total. The Morgan fingerprint density at radius 2 is 1.81 bits per heavy atom. The molecule has 0 aromatic heterocycles. The van der Waals surface area contributed by atoms with Crippen LogP contribution in [0.5, 0.6) is 0 Å². The molecule has 0 aliphatic carbocycles. The lowest BCUT2D eigenvalue weighted by Gasteiger charge is -2.30. The number of aryl methyl sites for hydroxylation is 1. The van der Waals surface area contributed by atoms with E-state index in [4.69, 9.17) is 0 Å². The average molecular weight is 456 g/mol. The summed E-state index contributed by atoms with van der Waals surface area (Å²) in [6.07, 6.45) is 4.10. The normalized spacial score (nSPS) is 17.9. The van der Waals surface area contributed by atoms with Crippen LogP contribution in [-0.2, 0) is 34.3 Å². The fourth-order valence-corrected chi connectivity index (χ4v) is 5.71. The first-order valence-electron chi connectivity index (χ1n) is 11.5. The lowest BCUT2D eigenvalue weighted by molar-refractivity contribution is -0.116. The number of benzene rings is 2. The zero-order chi connectivity index (χ0) is 22.7. The van der Waals surface area contributed by atoms with E-state index < -0.39 is 10.0 Å².